The van der Waals surface area contributed by atoms with Gasteiger partial charge in [0.25, 0.3) is 0 Å². The third kappa shape index (κ3) is 2.12. The normalized spacial score (nSPS) is 42.2. The zero-order valence-electron chi connectivity index (χ0n) is 13.6. The second-order valence-corrected chi connectivity index (χ2v) is 9.32. The molecule has 2 aliphatic heterocycles. The number of sulfonamides is 1. The van der Waals surface area contributed by atoms with Crippen LogP contribution in [0.25, 0.3) is 0 Å². The van der Waals surface area contributed by atoms with Crippen molar-refractivity contribution < 1.29 is 17.9 Å². The zero-order valence-corrected chi connectivity index (χ0v) is 14.4. The standard InChI is InChI=1S/C17H21NO4S/c1-11-4-6-13(7-5-11)23(20,21)18-10-16(18,2)12-8-14(19)17(3)15(9-12)22-17/h4-7,12,15H,8-10H2,1-3H3/t12-,15+,16-,17-,18?/m0/s1. The quantitative estimate of drug-likeness (QED) is 0.791. The molecule has 3 aliphatic rings. The number of rotatable bonds is 3. The molecule has 5 nitrogen and oxygen atoms in total. The monoisotopic (exact) mass is 335 g/mol. The molecule has 3 fully saturated rings. The first-order valence-electron chi connectivity index (χ1n) is 7.98. The molecule has 0 spiro atoms. The Morgan fingerprint density at radius 1 is 1.22 bits per heavy atom. The highest BCUT2D eigenvalue weighted by molar-refractivity contribution is 7.89. The lowest BCUT2D eigenvalue weighted by Crippen LogP contribution is -2.39. The minimum atomic E-state index is -3.49. The first-order chi connectivity index (χ1) is 10.7. The van der Waals surface area contributed by atoms with Crippen LogP contribution in [0.3, 0.4) is 0 Å². The average Bonchev–Trinajstić information content (AvgIpc) is 3.36. The van der Waals surface area contributed by atoms with E-state index in [0.717, 1.165) is 12.0 Å². The van der Waals surface area contributed by atoms with Gasteiger partial charge in [0.15, 0.2) is 5.78 Å². The van der Waals surface area contributed by atoms with E-state index in [4.69, 9.17) is 4.74 Å². The number of carbonyl (C=O) groups excluding carboxylic acids is 1. The van der Waals surface area contributed by atoms with Crippen molar-refractivity contribution in [2.24, 2.45) is 5.92 Å². The van der Waals surface area contributed by atoms with Crippen LogP contribution in [-0.2, 0) is 19.6 Å². The molecule has 1 aromatic rings. The highest BCUT2D eigenvalue weighted by Crippen LogP contribution is 2.55. The SMILES string of the molecule is Cc1ccc(S(=O)(=O)N2C[C@@]2(C)[C@H]2CC(=O)[C@]3(C)O[C@@H]3C2)cc1. The second-order valence-electron chi connectivity index (χ2n) is 7.46. The number of fused-ring (bicyclic) bond motifs is 1. The number of carbonyl (C=O) groups is 1. The number of ketones is 1. The highest BCUT2D eigenvalue weighted by atomic mass is 32.2. The van der Waals surface area contributed by atoms with Gasteiger partial charge in [-0.25, -0.2) is 8.42 Å². The first-order valence-corrected chi connectivity index (χ1v) is 9.42. The molecule has 0 aromatic heterocycles. The van der Waals surface area contributed by atoms with Gasteiger partial charge in [-0.3, -0.25) is 4.79 Å². The molecule has 4 rings (SSSR count). The summed E-state index contributed by atoms with van der Waals surface area (Å²) in [7, 11) is -3.49. The molecule has 0 N–H and O–H groups in total. The molecule has 2 saturated heterocycles. The fourth-order valence-electron chi connectivity index (χ4n) is 3.81. The van der Waals surface area contributed by atoms with Crippen LogP contribution in [0.2, 0.25) is 0 Å². The van der Waals surface area contributed by atoms with Gasteiger partial charge >= 0.3 is 0 Å². The summed E-state index contributed by atoms with van der Waals surface area (Å²) in [5.41, 5.74) is -0.0322. The molecule has 1 unspecified atom stereocenters. The van der Waals surface area contributed by atoms with Crippen molar-refractivity contribution in [3.63, 3.8) is 0 Å². The molecule has 1 aromatic carbocycles. The van der Waals surface area contributed by atoms with Crippen molar-refractivity contribution in [1.82, 2.24) is 4.31 Å². The fourth-order valence-corrected chi connectivity index (χ4v) is 5.67. The highest BCUT2D eigenvalue weighted by Gasteiger charge is 2.68. The van der Waals surface area contributed by atoms with Crippen LogP contribution in [0.1, 0.15) is 32.3 Å². The van der Waals surface area contributed by atoms with Gasteiger partial charge in [0.1, 0.15) is 5.60 Å². The summed E-state index contributed by atoms with van der Waals surface area (Å²) in [6, 6.07) is 6.91. The molecule has 5 atom stereocenters. The Hall–Kier alpha value is -1.24. The van der Waals surface area contributed by atoms with Gasteiger partial charge in [-0.2, -0.15) is 4.31 Å². The predicted molar refractivity (Wildman–Crippen MR) is 84.5 cm³/mol. The molecule has 1 saturated carbocycles. The largest absolute Gasteiger partial charge is 0.358 e. The number of nitrogens with zero attached hydrogens (tertiary/aromatic N) is 1. The predicted octanol–water partition coefficient (Wildman–Crippen LogP) is 1.89. The van der Waals surface area contributed by atoms with Crippen LogP contribution in [0.15, 0.2) is 29.2 Å². The van der Waals surface area contributed by atoms with Gasteiger partial charge in [-0.1, -0.05) is 17.7 Å². The molecular weight excluding hydrogens is 314 g/mol. The number of hydrogen-bond donors (Lipinski definition) is 0. The van der Waals surface area contributed by atoms with E-state index < -0.39 is 21.2 Å². The van der Waals surface area contributed by atoms with Gasteiger partial charge in [0.05, 0.1) is 16.5 Å². The molecular formula is C17H21NO4S. The fraction of sp³-hybridized carbons (Fsp3) is 0.588. The summed E-state index contributed by atoms with van der Waals surface area (Å²) in [6.45, 7) is 6.19. The number of aryl methyl sites for hydroxylation is 1. The summed E-state index contributed by atoms with van der Waals surface area (Å²) >= 11 is 0. The second kappa shape index (κ2) is 4.43. The van der Waals surface area contributed by atoms with E-state index in [1.807, 2.05) is 20.8 Å². The van der Waals surface area contributed by atoms with Crippen LogP contribution in [0.5, 0.6) is 0 Å². The maximum Gasteiger partial charge on any atom is 0.243 e. The van der Waals surface area contributed by atoms with E-state index in [2.05, 4.69) is 0 Å². The minimum absolute atomic E-state index is 0.0323. The number of Topliss-reactive ketones (excluding diaryl/α,β-unsaturated/α-hetero) is 1. The van der Waals surface area contributed by atoms with Crippen molar-refractivity contribution in [1.29, 1.82) is 0 Å². The summed E-state index contributed by atoms with van der Waals surface area (Å²) in [4.78, 5) is 12.5. The lowest BCUT2D eigenvalue weighted by Gasteiger charge is -2.27. The van der Waals surface area contributed by atoms with Gasteiger partial charge in [0.2, 0.25) is 10.0 Å². The molecule has 0 radical (unpaired) electrons. The van der Waals surface area contributed by atoms with Gasteiger partial charge in [-0.05, 0) is 45.2 Å². The topological polar surface area (TPSA) is 66.8 Å². The summed E-state index contributed by atoms with van der Waals surface area (Å²) < 4.78 is 32.7. The van der Waals surface area contributed by atoms with E-state index in [-0.39, 0.29) is 17.8 Å². The lowest BCUT2D eigenvalue weighted by molar-refractivity contribution is -0.125. The van der Waals surface area contributed by atoms with Crippen LogP contribution in [-0.4, -0.2) is 42.3 Å². The minimum Gasteiger partial charge on any atom is -0.358 e. The number of benzene rings is 1. The maximum atomic E-state index is 12.8. The Morgan fingerprint density at radius 2 is 1.87 bits per heavy atom. The third-order valence-electron chi connectivity index (χ3n) is 5.85. The lowest BCUT2D eigenvalue weighted by atomic mass is 9.76. The van der Waals surface area contributed by atoms with E-state index in [1.165, 1.54) is 4.31 Å². The molecule has 124 valence electrons. The van der Waals surface area contributed by atoms with Crippen LogP contribution < -0.4 is 0 Å². The molecule has 2 heterocycles. The van der Waals surface area contributed by atoms with Crippen molar-refractivity contribution in [2.45, 2.75) is 55.8 Å². The molecule has 1 aliphatic carbocycles. The Morgan fingerprint density at radius 3 is 2.48 bits per heavy atom. The zero-order chi connectivity index (χ0) is 16.6. The van der Waals surface area contributed by atoms with Gasteiger partial charge in [-0.15, -0.1) is 0 Å². The Labute approximate surface area is 136 Å². The molecule has 23 heavy (non-hydrogen) atoms. The molecule has 6 heteroatoms. The molecule has 0 amide bonds. The maximum absolute atomic E-state index is 12.8. The van der Waals surface area contributed by atoms with E-state index in [9.17, 15) is 13.2 Å². The van der Waals surface area contributed by atoms with Crippen LogP contribution in [0.4, 0.5) is 0 Å². The van der Waals surface area contributed by atoms with Crippen molar-refractivity contribution >= 4 is 15.8 Å². The Bertz CT molecular complexity index is 787. The van der Waals surface area contributed by atoms with E-state index in [0.29, 0.717) is 17.9 Å². The summed E-state index contributed by atoms with van der Waals surface area (Å²) in [5, 5.41) is 0. The number of epoxide rings is 1. The summed E-state index contributed by atoms with van der Waals surface area (Å²) in [6.07, 6.45) is 1.14. The number of ether oxygens (including phenoxy) is 1. The average molecular weight is 335 g/mol. The van der Waals surface area contributed by atoms with Gasteiger partial charge < -0.3 is 4.74 Å². The van der Waals surface area contributed by atoms with Crippen molar-refractivity contribution in [3.05, 3.63) is 29.8 Å². The van der Waals surface area contributed by atoms with E-state index in [1.54, 1.807) is 24.3 Å². The van der Waals surface area contributed by atoms with Crippen LogP contribution >= 0.6 is 0 Å². The van der Waals surface area contributed by atoms with Crippen molar-refractivity contribution in [2.75, 3.05) is 6.54 Å². The smallest absolute Gasteiger partial charge is 0.243 e. The third-order valence-corrected chi connectivity index (χ3v) is 7.84. The Kier molecular flexibility index (Phi) is 2.95. The summed E-state index contributed by atoms with van der Waals surface area (Å²) in [5.74, 6) is 0.148. The van der Waals surface area contributed by atoms with Crippen molar-refractivity contribution in [3.8, 4) is 0 Å². The van der Waals surface area contributed by atoms with E-state index >= 15 is 0 Å². The van der Waals surface area contributed by atoms with Gasteiger partial charge in [0, 0.05) is 13.0 Å². The molecule has 0 bridgehead atoms. The number of hydrogen-bond acceptors (Lipinski definition) is 4. The van der Waals surface area contributed by atoms with Crippen LogP contribution in [0, 0.1) is 12.8 Å². The Balaban J connectivity index is 1.56. The first kappa shape index (κ1) is 15.3.